The minimum absolute atomic E-state index is 0.405. The van der Waals surface area contributed by atoms with Gasteiger partial charge >= 0.3 is 6.18 Å². The lowest BCUT2D eigenvalue weighted by atomic mass is 10.00. The molecule has 0 bridgehead atoms. The Kier molecular flexibility index (Phi) is 6.51. The van der Waals surface area contributed by atoms with Crippen molar-refractivity contribution in [1.82, 2.24) is 24.7 Å². The topological polar surface area (TPSA) is 95.3 Å². The summed E-state index contributed by atoms with van der Waals surface area (Å²) in [5.41, 5.74) is 3.47. The first-order valence-corrected chi connectivity index (χ1v) is 10.4. The van der Waals surface area contributed by atoms with Crippen LogP contribution in [0.5, 0.6) is 0 Å². The third-order valence-electron chi connectivity index (χ3n) is 5.02. The normalized spacial score (nSPS) is 11.6. The number of anilines is 1. The predicted molar refractivity (Wildman–Crippen MR) is 128 cm³/mol. The van der Waals surface area contributed by atoms with Gasteiger partial charge in [-0.3, -0.25) is 9.67 Å². The molecule has 0 saturated carbocycles. The summed E-state index contributed by atoms with van der Waals surface area (Å²) in [6.07, 6.45) is 4.34. The summed E-state index contributed by atoms with van der Waals surface area (Å²) in [7, 11) is 1.80. The van der Waals surface area contributed by atoms with E-state index in [1.807, 2.05) is 13.0 Å². The highest BCUT2D eigenvalue weighted by Gasteiger charge is 2.32. The number of pyridine rings is 1. The van der Waals surface area contributed by atoms with Crippen LogP contribution in [-0.2, 0) is 13.2 Å². The van der Waals surface area contributed by atoms with Gasteiger partial charge in [-0.25, -0.2) is 4.98 Å². The van der Waals surface area contributed by atoms with E-state index in [2.05, 4.69) is 37.2 Å². The Morgan fingerprint density at radius 1 is 1.11 bits per heavy atom. The third kappa shape index (κ3) is 5.65. The standard InChI is InChI=1S/C25H20F3N7/c1-16-3-4-18(19-8-10-30-23(12-19)25(26,27)28)11-17(16)5-6-20-13-31-24(34-20)22(7-9-29)33-21-14-32-35(2)15-21/h3-4,7-15,29,33H,1-2H3,(H,31,34)/b22-7+,29-9?. The first-order chi connectivity index (χ1) is 16.7. The summed E-state index contributed by atoms with van der Waals surface area (Å²) >= 11 is 0. The molecule has 0 aliphatic heterocycles. The van der Waals surface area contributed by atoms with E-state index < -0.39 is 11.9 Å². The fraction of sp³-hybridized carbons (Fsp3) is 0.120. The van der Waals surface area contributed by atoms with E-state index in [4.69, 9.17) is 5.41 Å². The van der Waals surface area contributed by atoms with E-state index in [1.54, 1.807) is 48.5 Å². The molecule has 4 aromatic rings. The summed E-state index contributed by atoms with van der Waals surface area (Å²) in [5.74, 6) is 6.57. The molecule has 0 amide bonds. The Bertz CT molecular complexity index is 1470. The van der Waals surface area contributed by atoms with Crippen LogP contribution in [0.25, 0.3) is 16.8 Å². The number of benzene rings is 1. The second-order valence-corrected chi connectivity index (χ2v) is 7.63. The van der Waals surface area contributed by atoms with Gasteiger partial charge < -0.3 is 15.7 Å². The van der Waals surface area contributed by atoms with Crippen LogP contribution < -0.4 is 5.32 Å². The molecule has 10 heteroatoms. The summed E-state index contributed by atoms with van der Waals surface area (Å²) in [4.78, 5) is 10.9. The molecule has 3 heterocycles. The lowest BCUT2D eigenvalue weighted by molar-refractivity contribution is -0.141. The Morgan fingerprint density at radius 3 is 2.63 bits per heavy atom. The molecule has 0 fully saturated rings. The van der Waals surface area contributed by atoms with Crippen LogP contribution in [0.2, 0.25) is 0 Å². The molecule has 0 saturated heterocycles. The molecule has 35 heavy (non-hydrogen) atoms. The Balaban J connectivity index is 1.59. The van der Waals surface area contributed by atoms with Crippen molar-refractivity contribution >= 4 is 17.6 Å². The van der Waals surface area contributed by atoms with Crippen molar-refractivity contribution in [3.05, 3.63) is 89.5 Å². The Labute approximate surface area is 199 Å². The molecule has 0 aliphatic carbocycles. The number of rotatable bonds is 5. The quantitative estimate of drug-likeness (QED) is 0.279. The largest absolute Gasteiger partial charge is 0.433 e. The summed E-state index contributed by atoms with van der Waals surface area (Å²) < 4.78 is 40.8. The lowest BCUT2D eigenvalue weighted by Crippen LogP contribution is -2.07. The molecule has 0 spiro atoms. The van der Waals surface area contributed by atoms with Crippen molar-refractivity contribution in [2.24, 2.45) is 7.05 Å². The second kappa shape index (κ2) is 9.69. The number of aromatic nitrogens is 5. The van der Waals surface area contributed by atoms with E-state index in [1.165, 1.54) is 6.07 Å². The van der Waals surface area contributed by atoms with Crippen LogP contribution in [0.4, 0.5) is 18.9 Å². The van der Waals surface area contributed by atoms with Crippen molar-refractivity contribution in [3.8, 4) is 23.0 Å². The fourth-order valence-electron chi connectivity index (χ4n) is 3.26. The minimum atomic E-state index is -4.52. The molecule has 0 aliphatic rings. The number of imidazole rings is 1. The molecule has 0 radical (unpaired) electrons. The van der Waals surface area contributed by atoms with Gasteiger partial charge in [-0.15, -0.1) is 0 Å². The van der Waals surface area contributed by atoms with Gasteiger partial charge in [0.25, 0.3) is 0 Å². The zero-order chi connectivity index (χ0) is 25.0. The molecular weight excluding hydrogens is 455 g/mol. The molecule has 0 atom stereocenters. The maximum Gasteiger partial charge on any atom is 0.433 e. The number of alkyl halides is 3. The fourth-order valence-corrected chi connectivity index (χ4v) is 3.26. The van der Waals surface area contributed by atoms with Crippen molar-refractivity contribution < 1.29 is 13.2 Å². The number of halogens is 3. The van der Waals surface area contributed by atoms with E-state index in [9.17, 15) is 13.2 Å². The van der Waals surface area contributed by atoms with Gasteiger partial charge in [0.1, 0.15) is 11.4 Å². The van der Waals surface area contributed by atoms with Gasteiger partial charge in [0.15, 0.2) is 5.82 Å². The Morgan fingerprint density at radius 2 is 1.91 bits per heavy atom. The molecule has 3 N–H and O–H groups in total. The summed E-state index contributed by atoms with van der Waals surface area (Å²) in [5, 5.41) is 14.7. The maximum absolute atomic E-state index is 13.0. The van der Waals surface area contributed by atoms with Crippen molar-refractivity contribution in [1.29, 1.82) is 5.41 Å². The number of nitrogens with one attached hydrogen (secondary N) is 3. The third-order valence-corrected chi connectivity index (χ3v) is 5.02. The molecule has 4 rings (SSSR count). The highest BCUT2D eigenvalue weighted by atomic mass is 19.4. The van der Waals surface area contributed by atoms with Crippen LogP contribution in [-0.4, -0.2) is 30.9 Å². The van der Waals surface area contributed by atoms with E-state index >= 15 is 0 Å². The number of allylic oxidation sites excluding steroid dienone is 1. The van der Waals surface area contributed by atoms with Gasteiger partial charge in [0.05, 0.1) is 23.8 Å². The number of aromatic amines is 1. The molecule has 7 nitrogen and oxygen atoms in total. The minimum Gasteiger partial charge on any atom is -0.350 e. The van der Waals surface area contributed by atoms with Crippen LogP contribution >= 0.6 is 0 Å². The first-order valence-electron chi connectivity index (χ1n) is 10.4. The predicted octanol–water partition coefficient (Wildman–Crippen LogP) is 5.03. The van der Waals surface area contributed by atoms with E-state index in [0.717, 1.165) is 29.7 Å². The monoisotopic (exact) mass is 475 g/mol. The van der Waals surface area contributed by atoms with Gasteiger partial charge in [0.2, 0.25) is 0 Å². The molecule has 3 aromatic heterocycles. The Hall–Kier alpha value is -4.65. The van der Waals surface area contributed by atoms with Crippen molar-refractivity contribution in [2.75, 3.05) is 5.32 Å². The van der Waals surface area contributed by atoms with Crippen LogP contribution in [0, 0.1) is 24.2 Å². The van der Waals surface area contributed by atoms with Gasteiger partial charge in [-0.1, -0.05) is 18.1 Å². The van der Waals surface area contributed by atoms with Crippen molar-refractivity contribution in [3.63, 3.8) is 0 Å². The van der Waals surface area contributed by atoms with Gasteiger partial charge in [0, 0.05) is 31.2 Å². The van der Waals surface area contributed by atoms with Gasteiger partial charge in [-0.2, -0.15) is 18.3 Å². The van der Waals surface area contributed by atoms with Gasteiger partial charge in [-0.05, 0) is 53.8 Å². The highest BCUT2D eigenvalue weighted by Crippen LogP contribution is 2.31. The SMILES string of the molecule is Cc1ccc(-c2ccnc(C(F)(F)F)c2)cc1C#Cc1cnc(/C(=C\C=N)Nc2cnn(C)c2)[nH]1. The zero-order valence-corrected chi connectivity index (χ0v) is 18.8. The van der Waals surface area contributed by atoms with Crippen LogP contribution in [0.15, 0.2) is 61.2 Å². The smallest absolute Gasteiger partial charge is 0.350 e. The van der Waals surface area contributed by atoms with E-state index in [0.29, 0.717) is 33.9 Å². The maximum atomic E-state index is 13.0. The zero-order valence-electron chi connectivity index (χ0n) is 18.8. The number of hydrogen-bond acceptors (Lipinski definition) is 5. The number of hydrogen-bond donors (Lipinski definition) is 3. The highest BCUT2D eigenvalue weighted by molar-refractivity contribution is 5.86. The lowest BCUT2D eigenvalue weighted by Gasteiger charge is -2.09. The van der Waals surface area contributed by atoms with Crippen molar-refractivity contribution in [2.45, 2.75) is 13.1 Å². The molecular formula is C25H20F3N7. The van der Waals surface area contributed by atoms with Crippen LogP contribution in [0.1, 0.15) is 28.3 Å². The average molecular weight is 475 g/mol. The number of aryl methyl sites for hydroxylation is 2. The average Bonchev–Trinajstić information content (AvgIpc) is 3.46. The number of H-pyrrole nitrogens is 1. The number of nitrogens with zero attached hydrogens (tertiary/aromatic N) is 4. The summed E-state index contributed by atoms with van der Waals surface area (Å²) in [6.45, 7) is 1.88. The first kappa shape index (κ1) is 23.5. The molecule has 0 unspecified atom stereocenters. The molecule has 1 aromatic carbocycles. The second-order valence-electron chi connectivity index (χ2n) is 7.63. The van der Waals surface area contributed by atoms with Crippen LogP contribution in [0.3, 0.4) is 0 Å². The van der Waals surface area contributed by atoms with E-state index in [-0.39, 0.29) is 0 Å². The summed E-state index contributed by atoms with van der Waals surface area (Å²) in [6, 6.07) is 7.87. The molecule has 176 valence electrons.